The van der Waals surface area contributed by atoms with Crippen molar-refractivity contribution in [1.82, 2.24) is 10.3 Å². The van der Waals surface area contributed by atoms with E-state index in [1.807, 2.05) is 0 Å². The van der Waals surface area contributed by atoms with Gasteiger partial charge in [-0.05, 0) is 29.8 Å². The molecular weight excluding hydrogens is 322 g/mol. The van der Waals surface area contributed by atoms with Crippen LogP contribution in [0.1, 0.15) is 25.0 Å². The van der Waals surface area contributed by atoms with Crippen molar-refractivity contribution in [2.45, 2.75) is 31.5 Å². The lowest BCUT2D eigenvalue weighted by molar-refractivity contribution is -0.177. The number of anilines is 2. The van der Waals surface area contributed by atoms with Gasteiger partial charge in [-0.15, -0.1) is 0 Å². The average Bonchev–Trinajstić information content (AvgIpc) is 2.50. The zero-order chi connectivity index (χ0) is 17.5. The van der Waals surface area contributed by atoms with E-state index >= 15 is 0 Å². The molecule has 0 bridgehead atoms. The first-order chi connectivity index (χ1) is 11.3. The van der Waals surface area contributed by atoms with Crippen LogP contribution >= 0.6 is 0 Å². The van der Waals surface area contributed by atoms with Crippen molar-refractivity contribution in [3.63, 3.8) is 0 Å². The van der Waals surface area contributed by atoms with Gasteiger partial charge in [0.1, 0.15) is 17.1 Å². The number of rotatable bonds is 3. The lowest BCUT2D eigenvalue weighted by atomic mass is 9.71. The van der Waals surface area contributed by atoms with Crippen LogP contribution in [0, 0.1) is 5.82 Å². The molecule has 2 N–H and O–H groups in total. The van der Waals surface area contributed by atoms with Crippen LogP contribution in [0.15, 0.2) is 36.5 Å². The number of alkyl halides is 3. The molecule has 0 saturated heterocycles. The number of benzene rings is 1. The van der Waals surface area contributed by atoms with Crippen LogP contribution in [-0.2, 0) is 5.41 Å². The van der Waals surface area contributed by atoms with E-state index in [0.29, 0.717) is 0 Å². The summed E-state index contributed by atoms with van der Waals surface area (Å²) < 4.78 is 56.7. The Kier molecular flexibility index (Phi) is 3.99. The summed E-state index contributed by atoms with van der Waals surface area (Å²) in [6.07, 6.45) is -3.20. The van der Waals surface area contributed by atoms with E-state index in [0.717, 1.165) is 12.1 Å². The second-order valence-corrected chi connectivity index (χ2v) is 6.15. The molecule has 0 spiro atoms. The molecule has 7 heteroatoms. The summed E-state index contributed by atoms with van der Waals surface area (Å²) in [5.41, 5.74) is -2.30. The number of pyridine rings is 1. The summed E-state index contributed by atoms with van der Waals surface area (Å²) in [6.45, 7) is 3.13. The quantitative estimate of drug-likeness (QED) is 0.826. The highest BCUT2D eigenvalue weighted by Gasteiger charge is 2.60. The highest BCUT2D eigenvalue weighted by Crippen LogP contribution is 2.53. The van der Waals surface area contributed by atoms with Crippen molar-refractivity contribution in [3.8, 4) is 0 Å². The fourth-order valence-electron chi connectivity index (χ4n) is 3.05. The van der Waals surface area contributed by atoms with E-state index in [1.54, 1.807) is 13.8 Å². The normalized spacial score (nSPS) is 19.6. The van der Waals surface area contributed by atoms with Crippen molar-refractivity contribution in [3.05, 3.63) is 53.5 Å². The van der Waals surface area contributed by atoms with Gasteiger partial charge in [0.25, 0.3) is 0 Å². The molecule has 2 heterocycles. The molecular formula is C17H17F4N3. The Bertz CT molecular complexity index is 758. The first-order valence-corrected chi connectivity index (χ1v) is 7.58. The summed E-state index contributed by atoms with van der Waals surface area (Å²) in [5.74, 6) is -0.569. The zero-order valence-corrected chi connectivity index (χ0v) is 13.2. The average molecular weight is 339 g/mol. The van der Waals surface area contributed by atoms with Crippen LogP contribution in [0.25, 0.3) is 0 Å². The smallest absolute Gasteiger partial charge is 0.340 e. The van der Waals surface area contributed by atoms with Gasteiger partial charge in [-0.25, -0.2) is 9.37 Å². The number of nitrogens with one attached hydrogen (secondary N) is 2. The lowest BCUT2D eigenvalue weighted by Gasteiger charge is -2.42. The van der Waals surface area contributed by atoms with Gasteiger partial charge in [0.2, 0.25) is 0 Å². The van der Waals surface area contributed by atoms with Crippen LogP contribution < -0.4 is 10.6 Å². The minimum absolute atomic E-state index is 0.0104. The molecule has 3 rings (SSSR count). The summed E-state index contributed by atoms with van der Waals surface area (Å²) >= 11 is 0. The fourth-order valence-corrected chi connectivity index (χ4v) is 3.05. The fraction of sp³-hybridized carbons (Fsp3) is 0.353. The molecule has 1 aromatic heterocycles. The van der Waals surface area contributed by atoms with Crippen LogP contribution in [0.5, 0.6) is 0 Å². The van der Waals surface area contributed by atoms with E-state index < -0.39 is 24.0 Å². The Morgan fingerprint density at radius 1 is 1.21 bits per heavy atom. The second-order valence-electron chi connectivity index (χ2n) is 6.15. The van der Waals surface area contributed by atoms with Crippen molar-refractivity contribution in [1.29, 1.82) is 0 Å². The molecule has 128 valence electrons. The highest BCUT2D eigenvalue weighted by molar-refractivity contribution is 5.74. The van der Waals surface area contributed by atoms with Gasteiger partial charge in [0.15, 0.2) is 0 Å². The molecule has 3 nitrogen and oxygen atoms in total. The topological polar surface area (TPSA) is 37.0 Å². The third kappa shape index (κ3) is 2.53. The maximum absolute atomic E-state index is 14.3. The highest BCUT2D eigenvalue weighted by atomic mass is 19.4. The molecule has 1 aliphatic rings. The van der Waals surface area contributed by atoms with Crippen LogP contribution in [-0.4, -0.2) is 23.7 Å². The SMILES string of the molecule is CC(C)NCC1(C(F)(F)F)c2cc(F)ccc2Nc2ncccc21. The number of hydrogen-bond acceptors (Lipinski definition) is 3. The summed E-state index contributed by atoms with van der Waals surface area (Å²) in [5, 5.41) is 5.74. The van der Waals surface area contributed by atoms with Gasteiger partial charge in [-0.2, -0.15) is 13.2 Å². The van der Waals surface area contributed by atoms with Gasteiger partial charge in [0.05, 0.1) is 0 Å². The van der Waals surface area contributed by atoms with Gasteiger partial charge in [-0.1, -0.05) is 19.9 Å². The summed E-state index contributed by atoms with van der Waals surface area (Å²) in [7, 11) is 0. The van der Waals surface area contributed by atoms with E-state index in [4.69, 9.17) is 0 Å². The monoisotopic (exact) mass is 339 g/mol. The van der Waals surface area contributed by atoms with E-state index in [9.17, 15) is 17.6 Å². The number of fused-ring (bicyclic) bond motifs is 2. The van der Waals surface area contributed by atoms with Gasteiger partial charge >= 0.3 is 6.18 Å². The summed E-state index contributed by atoms with van der Waals surface area (Å²) in [6, 6.07) is 6.10. The molecule has 2 aromatic rings. The zero-order valence-electron chi connectivity index (χ0n) is 13.2. The number of nitrogens with zero attached hydrogens (tertiary/aromatic N) is 1. The molecule has 0 amide bonds. The maximum Gasteiger partial charge on any atom is 0.403 e. The lowest BCUT2D eigenvalue weighted by Crippen LogP contribution is -2.53. The Morgan fingerprint density at radius 2 is 1.96 bits per heavy atom. The standard InChI is InChI=1S/C17H17F4N3/c1-10(2)23-9-16(17(19,20)21)12-4-3-7-22-15(12)24-14-6-5-11(18)8-13(14)16/h3-8,10,23H,9H2,1-2H3,(H,22,24). The molecule has 1 aliphatic heterocycles. The minimum Gasteiger partial charge on any atom is -0.340 e. The molecule has 0 radical (unpaired) electrons. The van der Waals surface area contributed by atoms with Crippen molar-refractivity contribution < 1.29 is 17.6 Å². The molecule has 1 unspecified atom stereocenters. The number of aromatic nitrogens is 1. The largest absolute Gasteiger partial charge is 0.403 e. The molecule has 1 aromatic carbocycles. The Morgan fingerprint density at radius 3 is 2.62 bits per heavy atom. The Balaban J connectivity index is 2.31. The van der Waals surface area contributed by atoms with Gasteiger partial charge in [-0.3, -0.25) is 0 Å². The van der Waals surface area contributed by atoms with Crippen molar-refractivity contribution in [2.24, 2.45) is 0 Å². The Labute approximate surface area is 137 Å². The molecule has 24 heavy (non-hydrogen) atoms. The minimum atomic E-state index is -4.63. The molecule has 0 aliphatic carbocycles. The van der Waals surface area contributed by atoms with Crippen LogP contribution in [0.4, 0.5) is 29.1 Å². The third-order valence-corrected chi connectivity index (χ3v) is 4.22. The predicted octanol–water partition coefficient (Wildman–Crippen LogP) is 4.12. The first kappa shape index (κ1) is 16.7. The van der Waals surface area contributed by atoms with Crippen molar-refractivity contribution in [2.75, 3.05) is 11.9 Å². The van der Waals surface area contributed by atoms with Crippen molar-refractivity contribution >= 4 is 11.5 Å². The van der Waals surface area contributed by atoms with Gasteiger partial charge < -0.3 is 10.6 Å². The number of hydrogen-bond donors (Lipinski definition) is 2. The van der Waals surface area contributed by atoms with E-state index in [1.165, 1.54) is 24.4 Å². The second kappa shape index (κ2) is 5.73. The third-order valence-electron chi connectivity index (χ3n) is 4.22. The Hall–Kier alpha value is -2.15. The van der Waals surface area contributed by atoms with Gasteiger partial charge in [0, 0.05) is 30.0 Å². The molecule has 0 saturated carbocycles. The predicted molar refractivity (Wildman–Crippen MR) is 83.9 cm³/mol. The van der Waals surface area contributed by atoms with Crippen LogP contribution in [0.3, 0.4) is 0 Å². The van der Waals surface area contributed by atoms with E-state index in [-0.39, 0.29) is 28.7 Å². The summed E-state index contributed by atoms with van der Waals surface area (Å²) in [4.78, 5) is 4.04. The molecule has 0 fully saturated rings. The van der Waals surface area contributed by atoms with Crippen LogP contribution in [0.2, 0.25) is 0 Å². The number of halogens is 4. The maximum atomic E-state index is 14.3. The molecule has 1 atom stereocenters. The van der Waals surface area contributed by atoms with E-state index in [2.05, 4.69) is 15.6 Å². The first-order valence-electron chi connectivity index (χ1n) is 7.58.